The third-order valence-electron chi connectivity index (χ3n) is 3.81. The van der Waals surface area contributed by atoms with Crippen LogP contribution in [0.15, 0.2) is 77.7 Å². The molecular formula is C21H18ClNOS. The van der Waals surface area contributed by atoms with Gasteiger partial charge in [-0.2, -0.15) is 0 Å². The first-order chi connectivity index (χ1) is 12.1. The molecule has 0 aromatic heterocycles. The summed E-state index contributed by atoms with van der Waals surface area (Å²) in [5.74, 6) is 0.742. The number of anilines is 1. The third-order valence-corrected chi connectivity index (χ3v) is 5.13. The van der Waals surface area contributed by atoms with Crippen molar-refractivity contribution >= 4 is 35.0 Å². The van der Waals surface area contributed by atoms with Crippen LogP contribution in [-0.4, -0.2) is 5.91 Å². The van der Waals surface area contributed by atoms with Gasteiger partial charge in [-0.25, -0.2) is 0 Å². The predicted octanol–water partition coefficient (Wildman–Crippen LogP) is 6.19. The summed E-state index contributed by atoms with van der Waals surface area (Å²) in [7, 11) is 0. The minimum atomic E-state index is -0.132. The second-order valence-electron chi connectivity index (χ2n) is 5.71. The highest BCUT2D eigenvalue weighted by atomic mass is 35.5. The van der Waals surface area contributed by atoms with Gasteiger partial charge in [-0.15, -0.1) is 11.8 Å². The Morgan fingerprint density at radius 2 is 1.72 bits per heavy atom. The van der Waals surface area contributed by atoms with Crippen molar-refractivity contribution in [1.82, 2.24) is 0 Å². The Balaban J connectivity index is 1.63. The van der Waals surface area contributed by atoms with Gasteiger partial charge >= 0.3 is 0 Å². The van der Waals surface area contributed by atoms with Gasteiger partial charge in [0.1, 0.15) is 0 Å². The van der Waals surface area contributed by atoms with E-state index >= 15 is 0 Å². The van der Waals surface area contributed by atoms with E-state index in [1.807, 2.05) is 61.5 Å². The lowest BCUT2D eigenvalue weighted by Crippen LogP contribution is -2.12. The molecule has 0 aliphatic heterocycles. The van der Waals surface area contributed by atoms with Crippen molar-refractivity contribution in [3.63, 3.8) is 0 Å². The van der Waals surface area contributed by atoms with E-state index in [9.17, 15) is 4.79 Å². The molecule has 4 heteroatoms. The van der Waals surface area contributed by atoms with Gasteiger partial charge in [0, 0.05) is 26.9 Å². The predicted molar refractivity (Wildman–Crippen MR) is 107 cm³/mol. The van der Waals surface area contributed by atoms with E-state index in [0.717, 1.165) is 17.0 Å². The Morgan fingerprint density at radius 3 is 2.44 bits per heavy atom. The summed E-state index contributed by atoms with van der Waals surface area (Å²) in [4.78, 5) is 13.6. The standard InChI is InChI=1S/C21H18ClNOS/c1-15-7-12-18(22)13-20(15)23-21(24)17-10-8-16(9-11-17)14-25-19-5-3-2-4-6-19/h2-13H,14H2,1H3,(H,23,24). The lowest BCUT2D eigenvalue weighted by molar-refractivity contribution is 0.102. The fourth-order valence-corrected chi connectivity index (χ4v) is 3.41. The normalized spacial score (nSPS) is 10.5. The first-order valence-corrected chi connectivity index (χ1v) is 9.32. The molecule has 126 valence electrons. The van der Waals surface area contributed by atoms with Gasteiger partial charge in [-0.3, -0.25) is 4.79 Å². The fourth-order valence-electron chi connectivity index (χ4n) is 2.36. The number of thioether (sulfide) groups is 1. The van der Waals surface area contributed by atoms with Crippen molar-refractivity contribution in [3.8, 4) is 0 Å². The molecule has 1 amide bonds. The summed E-state index contributed by atoms with van der Waals surface area (Å²) in [5, 5.41) is 3.52. The zero-order valence-corrected chi connectivity index (χ0v) is 15.4. The maximum atomic E-state index is 12.4. The van der Waals surface area contributed by atoms with Crippen LogP contribution < -0.4 is 5.32 Å². The molecule has 0 atom stereocenters. The third kappa shape index (κ3) is 4.88. The summed E-state index contributed by atoms with van der Waals surface area (Å²) in [6.07, 6.45) is 0. The monoisotopic (exact) mass is 367 g/mol. The van der Waals surface area contributed by atoms with Gasteiger partial charge in [0.05, 0.1) is 0 Å². The van der Waals surface area contributed by atoms with Crippen LogP contribution in [-0.2, 0) is 5.75 Å². The Bertz CT molecular complexity index is 863. The number of nitrogens with one attached hydrogen (secondary N) is 1. The molecule has 0 aliphatic carbocycles. The molecular weight excluding hydrogens is 350 g/mol. The van der Waals surface area contributed by atoms with Crippen LogP contribution >= 0.6 is 23.4 Å². The zero-order chi connectivity index (χ0) is 17.6. The fraction of sp³-hybridized carbons (Fsp3) is 0.0952. The highest BCUT2D eigenvalue weighted by Gasteiger charge is 2.08. The second kappa shape index (κ2) is 8.24. The highest BCUT2D eigenvalue weighted by Crippen LogP contribution is 2.23. The Hall–Kier alpha value is -2.23. The number of hydrogen-bond acceptors (Lipinski definition) is 2. The molecule has 3 aromatic carbocycles. The molecule has 0 spiro atoms. The molecule has 0 aliphatic rings. The van der Waals surface area contributed by atoms with Gasteiger partial charge in [0.25, 0.3) is 5.91 Å². The Labute approximate surface area is 157 Å². The lowest BCUT2D eigenvalue weighted by atomic mass is 10.1. The topological polar surface area (TPSA) is 29.1 Å². The molecule has 3 aromatic rings. The van der Waals surface area contributed by atoms with Gasteiger partial charge in [-0.1, -0.05) is 48.0 Å². The molecule has 0 heterocycles. The van der Waals surface area contributed by atoms with Crippen molar-refractivity contribution in [2.75, 3.05) is 5.32 Å². The lowest BCUT2D eigenvalue weighted by Gasteiger charge is -2.09. The smallest absolute Gasteiger partial charge is 0.255 e. The molecule has 0 unspecified atom stereocenters. The number of benzene rings is 3. The highest BCUT2D eigenvalue weighted by molar-refractivity contribution is 7.98. The zero-order valence-electron chi connectivity index (χ0n) is 13.8. The summed E-state index contributed by atoms with van der Waals surface area (Å²) >= 11 is 7.78. The van der Waals surface area contributed by atoms with Crippen LogP contribution in [0.4, 0.5) is 5.69 Å². The minimum Gasteiger partial charge on any atom is -0.322 e. The average molecular weight is 368 g/mol. The number of carbonyl (C=O) groups excluding carboxylic acids is 1. The maximum absolute atomic E-state index is 12.4. The number of amides is 1. The molecule has 2 nitrogen and oxygen atoms in total. The number of aryl methyl sites for hydroxylation is 1. The number of halogens is 1. The van der Waals surface area contributed by atoms with Crippen molar-refractivity contribution in [1.29, 1.82) is 0 Å². The van der Waals surface area contributed by atoms with Crippen LogP contribution in [0.2, 0.25) is 5.02 Å². The van der Waals surface area contributed by atoms with Gasteiger partial charge < -0.3 is 5.32 Å². The van der Waals surface area contributed by atoms with E-state index in [0.29, 0.717) is 10.6 Å². The second-order valence-corrected chi connectivity index (χ2v) is 7.20. The van der Waals surface area contributed by atoms with Crippen LogP contribution in [0.3, 0.4) is 0 Å². The van der Waals surface area contributed by atoms with Crippen LogP contribution in [0.25, 0.3) is 0 Å². The van der Waals surface area contributed by atoms with Crippen LogP contribution in [0.1, 0.15) is 21.5 Å². The molecule has 25 heavy (non-hydrogen) atoms. The largest absolute Gasteiger partial charge is 0.322 e. The molecule has 3 rings (SSSR count). The van der Waals surface area contributed by atoms with Gasteiger partial charge in [0.15, 0.2) is 0 Å². The summed E-state index contributed by atoms with van der Waals surface area (Å²) in [6.45, 7) is 1.94. The maximum Gasteiger partial charge on any atom is 0.255 e. The molecule has 0 radical (unpaired) electrons. The van der Waals surface area contributed by atoms with Gasteiger partial charge in [0.2, 0.25) is 0 Å². The number of carbonyl (C=O) groups is 1. The molecule has 0 bridgehead atoms. The summed E-state index contributed by atoms with van der Waals surface area (Å²) < 4.78 is 0. The minimum absolute atomic E-state index is 0.132. The van der Waals surface area contributed by atoms with Crippen molar-refractivity contribution in [2.45, 2.75) is 17.6 Å². The first kappa shape index (κ1) is 17.6. The SMILES string of the molecule is Cc1ccc(Cl)cc1NC(=O)c1ccc(CSc2ccccc2)cc1. The van der Waals surface area contributed by atoms with E-state index in [-0.39, 0.29) is 5.91 Å². The van der Waals surface area contributed by atoms with E-state index in [1.54, 1.807) is 17.8 Å². The van der Waals surface area contributed by atoms with Crippen LogP contribution in [0, 0.1) is 6.92 Å². The Kier molecular flexibility index (Phi) is 5.79. The van der Waals surface area contributed by atoms with Crippen molar-refractivity contribution in [3.05, 3.63) is 94.5 Å². The van der Waals surface area contributed by atoms with E-state index < -0.39 is 0 Å². The van der Waals surface area contributed by atoms with E-state index in [1.165, 1.54) is 10.5 Å². The van der Waals surface area contributed by atoms with E-state index in [4.69, 9.17) is 11.6 Å². The molecule has 0 fully saturated rings. The number of hydrogen-bond donors (Lipinski definition) is 1. The quantitative estimate of drug-likeness (QED) is 0.544. The first-order valence-electron chi connectivity index (χ1n) is 7.96. The summed E-state index contributed by atoms with van der Waals surface area (Å²) in [6, 6.07) is 23.4. The number of rotatable bonds is 5. The molecule has 1 N–H and O–H groups in total. The van der Waals surface area contributed by atoms with Gasteiger partial charge in [-0.05, 0) is 54.4 Å². The molecule has 0 saturated heterocycles. The molecule has 0 saturated carbocycles. The van der Waals surface area contributed by atoms with Crippen molar-refractivity contribution < 1.29 is 4.79 Å². The average Bonchev–Trinajstić information content (AvgIpc) is 2.64. The van der Waals surface area contributed by atoms with Crippen LogP contribution in [0.5, 0.6) is 0 Å². The Morgan fingerprint density at radius 1 is 1.00 bits per heavy atom. The van der Waals surface area contributed by atoms with Crippen molar-refractivity contribution in [2.24, 2.45) is 0 Å². The van der Waals surface area contributed by atoms with E-state index in [2.05, 4.69) is 17.4 Å². The summed E-state index contributed by atoms with van der Waals surface area (Å²) in [5.41, 5.74) is 3.53.